The SMILES string of the molecule is C1=CC[NH2+]C(c2cc(-c3cc(-c4ccccc4)nc(-c4ccccc4-c4cccc(-c5nc(-c6ccccc6)nc(-c6ccccc6)n5)c4)c3)cc(-c3ccccn3)c2)=C1. The molecule has 6 heteroatoms. The molecular formula is C54H39N6+. The summed E-state index contributed by atoms with van der Waals surface area (Å²) in [5.41, 5.74) is 15.2. The van der Waals surface area contributed by atoms with Crippen LogP contribution in [0, 0.1) is 0 Å². The van der Waals surface area contributed by atoms with E-state index in [1.54, 1.807) is 0 Å². The highest BCUT2D eigenvalue weighted by Crippen LogP contribution is 2.38. The monoisotopic (exact) mass is 771 g/mol. The summed E-state index contributed by atoms with van der Waals surface area (Å²) in [4.78, 5) is 25.1. The maximum atomic E-state index is 5.38. The average molecular weight is 772 g/mol. The highest BCUT2D eigenvalue weighted by atomic mass is 15.0. The van der Waals surface area contributed by atoms with E-state index in [-0.39, 0.29) is 0 Å². The molecule has 1 aliphatic rings. The van der Waals surface area contributed by atoms with Gasteiger partial charge in [-0.25, -0.2) is 19.9 Å². The van der Waals surface area contributed by atoms with E-state index < -0.39 is 0 Å². The molecule has 10 rings (SSSR count). The minimum Gasteiger partial charge on any atom is -0.310 e. The number of nitrogens with zero attached hydrogens (tertiary/aromatic N) is 5. The standard InChI is InChI=1S/C54H38N6/c1-4-17-37(18-5-1)50-35-43(42-32-44(48-27-12-14-29-55-48)34-45(33-42)49-28-13-15-30-56-49)36-51(57-50)47-26-11-10-25-46(47)40-23-16-24-41(31-40)54-59-52(38-19-6-2-7-20-38)58-53(60-54)39-21-8-3-9-22-39/h1-29,31-36,56H,30H2/p+1. The molecule has 0 spiro atoms. The molecule has 2 N–H and O–H groups in total. The number of aromatic nitrogens is 5. The Balaban J connectivity index is 1.12. The number of rotatable bonds is 9. The van der Waals surface area contributed by atoms with Gasteiger partial charge in [0.2, 0.25) is 0 Å². The summed E-state index contributed by atoms with van der Waals surface area (Å²) in [5.74, 6) is 1.87. The summed E-state index contributed by atoms with van der Waals surface area (Å²) in [6.07, 6.45) is 8.35. The van der Waals surface area contributed by atoms with Crippen molar-refractivity contribution >= 4 is 5.70 Å². The first-order chi connectivity index (χ1) is 29.7. The fourth-order valence-corrected chi connectivity index (χ4v) is 7.68. The molecule has 0 saturated heterocycles. The van der Waals surface area contributed by atoms with E-state index in [2.05, 4.69) is 133 Å². The second kappa shape index (κ2) is 16.5. The van der Waals surface area contributed by atoms with Crippen LogP contribution in [0.5, 0.6) is 0 Å². The molecule has 4 heterocycles. The molecule has 0 amide bonds. The number of benzene rings is 6. The lowest BCUT2D eigenvalue weighted by molar-refractivity contribution is -0.553. The molecule has 0 radical (unpaired) electrons. The van der Waals surface area contributed by atoms with Gasteiger partial charge >= 0.3 is 0 Å². The van der Waals surface area contributed by atoms with Gasteiger partial charge in [0.1, 0.15) is 5.70 Å². The Morgan fingerprint density at radius 2 is 0.883 bits per heavy atom. The largest absolute Gasteiger partial charge is 0.310 e. The molecule has 60 heavy (non-hydrogen) atoms. The molecular weight excluding hydrogens is 733 g/mol. The van der Waals surface area contributed by atoms with Crippen molar-refractivity contribution in [3.05, 3.63) is 218 Å². The van der Waals surface area contributed by atoms with Crippen molar-refractivity contribution in [1.82, 2.24) is 24.9 Å². The average Bonchev–Trinajstić information content (AvgIpc) is 3.35. The van der Waals surface area contributed by atoms with Crippen LogP contribution in [0.3, 0.4) is 0 Å². The molecule has 3 aromatic heterocycles. The molecule has 0 unspecified atom stereocenters. The Morgan fingerprint density at radius 3 is 1.55 bits per heavy atom. The van der Waals surface area contributed by atoms with Crippen LogP contribution < -0.4 is 5.32 Å². The van der Waals surface area contributed by atoms with Crippen LogP contribution >= 0.6 is 0 Å². The fraction of sp³-hybridized carbons (Fsp3) is 0.0185. The summed E-state index contributed by atoms with van der Waals surface area (Å²) in [5, 5.41) is 2.28. The fourth-order valence-electron chi connectivity index (χ4n) is 7.68. The zero-order valence-electron chi connectivity index (χ0n) is 32.7. The van der Waals surface area contributed by atoms with Gasteiger partial charge in [0.25, 0.3) is 0 Å². The van der Waals surface area contributed by atoms with Crippen LogP contribution in [0.15, 0.2) is 212 Å². The quantitative estimate of drug-likeness (QED) is 0.158. The van der Waals surface area contributed by atoms with Gasteiger partial charge in [-0.15, -0.1) is 0 Å². The summed E-state index contributed by atoms with van der Waals surface area (Å²) >= 11 is 0. The van der Waals surface area contributed by atoms with E-state index in [0.29, 0.717) is 17.5 Å². The van der Waals surface area contributed by atoms with Crippen LogP contribution in [0.4, 0.5) is 0 Å². The van der Waals surface area contributed by atoms with Crippen molar-refractivity contribution in [1.29, 1.82) is 0 Å². The third-order valence-corrected chi connectivity index (χ3v) is 10.7. The van der Waals surface area contributed by atoms with Crippen molar-refractivity contribution in [2.24, 2.45) is 0 Å². The zero-order valence-corrected chi connectivity index (χ0v) is 32.7. The Hall–Kier alpha value is -7.93. The van der Waals surface area contributed by atoms with Crippen molar-refractivity contribution in [3.63, 3.8) is 0 Å². The lowest BCUT2D eigenvalue weighted by Gasteiger charge is -2.16. The normalized spacial score (nSPS) is 12.2. The van der Waals surface area contributed by atoms with Crippen molar-refractivity contribution < 1.29 is 5.32 Å². The lowest BCUT2D eigenvalue weighted by atomic mass is 9.92. The van der Waals surface area contributed by atoms with E-state index in [1.165, 1.54) is 5.70 Å². The second-order valence-corrected chi connectivity index (χ2v) is 14.7. The molecule has 6 nitrogen and oxygen atoms in total. The summed E-state index contributed by atoms with van der Waals surface area (Å²) in [6.45, 7) is 0.903. The number of pyridine rings is 2. The highest BCUT2D eigenvalue weighted by molar-refractivity contribution is 5.88. The predicted molar refractivity (Wildman–Crippen MR) is 243 cm³/mol. The zero-order chi connectivity index (χ0) is 40.1. The molecule has 0 saturated carbocycles. The maximum Gasteiger partial charge on any atom is 0.164 e. The lowest BCUT2D eigenvalue weighted by Crippen LogP contribution is -2.81. The van der Waals surface area contributed by atoms with Gasteiger partial charge in [-0.05, 0) is 82.9 Å². The van der Waals surface area contributed by atoms with E-state index in [9.17, 15) is 0 Å². The third kappa shape index (κ3) is 7.71. The van der Waals surface area contributed by atoms with Crippen LogP contribution in [-0.4, -0.2) is 31.5 Å². The Morgan fingerprint density at radius 1 is 0.350 bits per heavy atom. The molecule has 0 aliphatic carbocycles. The van der Waals surface area contributed by atoms with Gasteiger partial charge in [0, 0.05) is 45.1 Å². The number of quaternary nitrogens is 1. The Kier molecular flexibility index (Phi) is 10.0. The van der Waals surface area contributed by atoms with Crippen LogP contribution in [0.25, 0.3) is 95.9 Å². The molecule has 0 fully saturated rings. The first-order valence-electron chi connectivity index (χ1n) is 20.1. The number of hydrogen-bond acceptors (Lipinski definition) is 5. The molecule has 9 aromatic rings. The van der Waals surface area contributed by atoms with Gasteiger partial charge in [0.15, 0.2) is 17.5 Å². The highest BCUT2D eigenvalue weighted by Gasteiger charge is 2.18. The van der Waals surface area contributed by atoms with Gasteiger partial charge in [-0.2, -0.15) is 0 Å². The summed E-state index contributed by atoms with van der Waals surface area (Å²) < 4.78 is 0. The van der Waals surface area contributed by atoms with Gasteiger partial charge in [-0.1, -0.05) is 146 Å². The minimum atomic E-state index is 0.609. The van der Waals surface area contributed by atoms with E-state index in [0.717, 1.165) is 84.8 Å². The second-order valence-electron chi connectivity index (χ2n) is 14.7. The topological polar surface area (TPSA) is 81.1 Å². The first kappa shape index (κ1) is 36.4. The predicted octanol–water partition coefficient (Wildman–Crippen LogP) is 11.5. The van der Waals surface area contributed by atoms with Crippen molar-refractivity contribution in [3.8, 4) is 90.2 Å². The smallest absolute Gasteiger partial charge is 0.164 e. The van der Waals surface area contributed by atoms with Crippen molar-refractivity contribution in [2.75, 3.05) is 6.54 Å². The van der Waals surface area contributed by atoms with E-state index in [4.69, 9.17) is 24.9 Å². The minimum absolute atomic E-state index is 0.609. The maximum absolute atomic E-state index is 5.38. The number of hydrogen-bond donors (Lipinski definition) is 1. The molecule has 0 atom stereocenters. The number of nitrogens with two attached hydrogens (primary N) is 1. The van der Waals surface area contributed by atoms with Gasteiger partial charge in [-0.3, -0.25) is 4.98 Å². The van der Waals surface area contributed by atoms with E-state index >= 15 is 0 Å². The molecule has 0 bridgehead atoms. The first-order valence-corrected chi connectivity index (χ1v) is 20.1. The third-order valence-electron chi connectivity index (χ3n) is 10.7. The number of allylic oxidation sites excluding steroid dienone is 2. The molecule has 6 aromatic carbocycles. The van der Waals surface area contributed by atoms with Crippen LogP contribution in [0.1, 0.15) is 5.56 Å². The van der Waals surface area contributed by atoms with Gasteiger partial charge < -0.3 is 5.32 Å². The molecule has 1 aliphatic heterocycles. The van der Waals surface area contributed by atoms with Gasteiger partial charge in [0.05, 0.1) is 23.6 Å². The molecule has 284 valence electrons. The Bertz CT molecular complexity index is 2960. The van der Waals surface area contributed by atoms with Crippen LogP contribution in [-0.2, 0) is 0 Å². The van der Waals surface area contributed by atoms with Crippen LogP contribution in [0.2, 0.25) is 0 Å². The Labute approximate surface area is 349 Å². The summed E-state index contributed by atoms with van der Waals surface area (Å²) in [6, 6.07) is 64.8. The summed E-state index contributed by atoms with van der Waals surface area (Å²) in [7, 11) is 0. The van der Waals surface area contributed by atoms with Crippen molar-refractivity contribution in [2.45, 2.75) is 0 Å². The van der Waals surface area contributed by atoms with E-state index in [1.807, 2.05) is 85.1 Å².